The van der Waals surface area contributed by atoms with Crippen molar-refractivity contribution in [2.24, 2.45) is 5.41 Å². The molecule has 9 nitrogen and oxygen atoms in total. The van der Waals surface area contributed by atoms with E-state index in [1.807, 2.05) is 0 Å². The van der Waals surface area contributed by atoms with E-state index in [9.17, 15) is 18.7 Å². The topological polar surface area (TPSA) is 124 Å². The van der Waals surface area contributed by atoms with Crippen LogP contribution in [0.4, 0.5) is 8.78 Å². The zero-order valence-electron chi connectivity index (χ0n) is 23.2. The molecule has 1 N–H and O–H groups in total. The SMILES string of the molecule is O=C(O)c1cc(OC(F)F)cc(-c2noc(C34CCC(C=Cc5c(-c6c(Cl)cncc6Cl)noc5C5CC5)(CC3)CC4)n2)c1. The number of hydrogen-bond acceptors (Lipinski definition) is 8. The minimum absolute atomic E-state index is 0.0247. The molecule has 0 spiro atoms. The van der Waals surface area contributed by atoms with E-state index < -0.39 is 12.6 Å². The van der Waals surface area contributed by atoms with Gasteiger partial charge in [0.1, 0.15) is 17.2 Å². The van der Waals surface area contributed by atoms with Crippen molar-refractivity contribution in [1.82, 2.24) is 20.3 Å². The molecule has 0 aliphatic heterocycles. The van der Waals surface area contributed by atoms with Crippen molar-refractivity contribution in [2.45, 2.75) is 69.3 Å². The standard InChI is InChI=1S/C31H26Cl2F2N4O5/c32-21-14-36-15-22(33)23(21)24-20(25(43-38-24)16-1-2-16)3-4-30-5-8-31(9-6-30,10-7-30)28-37-26(39-44-28)17-11-18(27(40)41)13-19(12-17)42-29(34)35/h3-4,11-16,29H,1-2,5-10H2,(H,40,41). The number of hydrogen-bond donors (Lipinski definition) is 1. The Morgan fingerprint density at radius 3 is 2.36 bits per heavy atom. The predicted octanol–water partition coefficient (Wildman–Crippen LogP) is 8.58. The molecule has 2 bridgehead atoms. The molecule has 4 aliphatic rings. The summed E-state index contributed by atoms with van der Waals surface area (Å²) in [4.78, 5) is 20.3. The summed E-state index contributed by atoms with van der Waals surface area (Å²) in [6.07, 6.45) is 14.8. The molecule has 0 saturated heterocycles. The first kappa shape index (κ1) is 28.9. The maximum Gasteiger partial charge on any atom is 0.387 e. The lowest BCUT2D eigenvalue weighted by Gasteiger charge is -2.50. The lowest BCUT2D eigenvalue weighted by molar-refractivity contribution is -0.0498. The second kappa shape index (κ2) is 11.0. The molecule has 8 rings (SSSR count). The molecule has 3 aromatic heterocycles. The van der Waals surface area contributed by atoms with E-state index in [2.05, 4.69) is 37.2 Å². The van der Waals surface area contributed by atoms with E-state index in [0.717, 1.165) is 68.8 Å². The summed E-state index contributed by atoms with van der Waals surface area (Å²) in [7, 11) is 0. The Morgan fingerprint density at radius 2 is 1.73 bits per heavy atom. The maximum atomic E-state index is 12.8. The number of fused-ring (bicyclic) bond motifs is 3. The van der Waals surface area contributed by atoms with Crippen molar-refractivity contribution in [3.8, 4) is 28.4 Å². The average Bonchev–Trinajstić information content (AvgIpc) is 3.56. The van der Waals surface area contributed by atoms with Crippen LogP contribution in [0.1, 0.15) is 84.9 Å². The van der Waals surface area contributed by atoms with Gasteiger partial charge in [-0.25, -0.2) is 4.79 Å². The number of halogens is 4. The fraction of sp³-hybridized carbons (Fsp3) is 0.387. The van der Waals surface area contributed by atoms with Crippen molar-refractivity contribution >= 4 is 35.2 Å². The van der Waals surface area contributed by atoms with Crippen molar-refractivity contribution in [1.29, 1.82) is 0 Å². The number of allylic oxidation sites excluding steroid dienone is 1. The molecular formula is C31H26Cl2F2N4O5. The third kappa shape index (κ3) is 5.26. The summed E-state index contributed by atoms with van der Waals surface area (Å²) >= 11 is 13.0. The van der Waals surface area contributed by atoms with Gasteiger partial charge < -0.3 is 18.9 Å². The molecule has 228 valence electrons. The Bertz CT molecular complexity index is 1740. The number of alkyl halides is 2. The Hall–Kier alpha value is -3.83. The van der Waals surface area contributed by atoms with Gasteiger partial charge >= 0.3 is 12.6 Å². The number of nitrogens with zero attached hydrogens (tertiary/aromatic N) is 4. The van der Waals surface area contributed by atoms with Gasteiger partial charge in [-0.2, -0.15) is 13.8 Å². The summed E-state index contributed by atoms with van der Waals surface area (Å²) in [6.45, 7) is -3.10. The van der Waals surface area contributed by atoms with Gasteiger partial charge in [-0.1, -0.05) is 45.7 Å². The van der Waals surface area contributed by atoms with Crippen LogP contribution < -0.4 is 4.74 Å². The van der Waals surface area contributed by atoms with Crippen molar-refractivity contribution < 1.29 is 32.5 Å². The van der Waals surface area contributed by atoms with E-state index in [0.29, 0.717) is 33.1 Å². The first-order valence-corrected chi connectivity index (χ1v) is 15.1. The molecule has 1 aromatic carbocycles. The minimum Gasteiger partial charge on any atom is -0.478 e. The van der Waals surface area contributed by atoms with E-state index in [1.165, 1.54) is 12.1 Å². The highest BCUT2D eigenvalue weighted by Crippen LogP contribution is 2.58. The van der Waals surface area contributed by atoms with E-state index in [4.69, 9.17) is 32.2 Å². The molecule has 4 fully saturated rings. The van der Waals surface area contributed by atoms with Crippen molar-refractivity contribution in [3.63, 3.8) is 0 Å². The van der Waals surface area contributed by atoms with Gasteiger partial charge in [-0.3, -0.25) is 4.98 Å². The Labute approximate surface area is 260 Å². The molecular weight excluding hydrogens is 617 g/mol. The van der Waals surface area contributed by atoms with E-state index >= 15 is 0 Å². The number of carboxylic acid groups (broad SMARTS) is 1. The lowest BCUT2D eigenvalue weighted by Crippen LogP contribution is -2.43. The number of aromatic carboxylic acids is 1. The summed E-state index contributed by atoms with van der Waals surface area (Å²) in [5, 5.41) is 18.7. The van der Waals surface area contributed by atoms with Gasteiger partial charge in [0.15, 0.2) is 0 Å². The summed E-state index contributed by atoms with van der Waals surface area (Å²) in [5.74, 6) is 0.206. The van der Waals surface area contributed by atoms with Crippen LogP contribution in [-0.2, 0) is 5.41 Å². The minimum atomic E-state index is -3.10. The number of benzene rings is 1. The van der Waals surface area contributed by atoms with Crippen LogP contribution in [0.15, 0.2) is 45.7 Å². The lowest BCUT2D eigenvalue weighted by atomic mass is 9.53. The third-order valence-electron chi connectivity index (χ3n) is 9.22. The summed E-state index contributed by atoms with van der Waals surface area (Å²) < 4.78 is 41.7. The molecule has 0 radical (unpaired) electrons. The van der Waals surface area contributed by atoms with E-state index in [1.54, 1.807) is 12.4 Å². The van der Waals surface area contributed by atoms with E-state index in [-0.39, 0.29) is 33.5 Å². The average molecular weight is 643 g/mol. The number of pyridine rings is 1. The van der Waals surface area contributed by atoms with Gasteiger partial charge in [0.05, 0.1) is 15.6 Å². The number of rotatable bonds is 9. The molecule has 44 heavy (non-hydrogen) atoms. The summed E-state index contributed by atoms with van der Waals surface area (Å²) in [6, 6.07) is 3.62. The molecule has 4 aliphatic carbocycles. The van der Waals surface area contributed by atoms with Crippen LogP contribution in [-0.4, -0.2) is 38.0 Å². The zero-order chi connectivity index (χ0) is 30.6. The van der Waals surface area contributed by atoms with Crippen LogP contribution in [0.3, 0.4) is 0 Å². The number of aromatic nitrogens is 4. The number of carboxylic acids is 1. The molecule has 0 atom stereocenters. The fourth-order valence-corrected chi connectivity index (χ4v) is 7.10. The van der Waals surface area contributed by atoms with Crippen LogP contribution in [0, 0.1) is 5.41 Å². The van der Waals surface area contributed by atoms with Crippen LogP contribution >= 0.6 is 23.2 Å². The van der Waals surface area contributed by atoms with Gasteiger partial charge in [-0.15, -0.1) is 0 Å². The van der Waals surface area contributed by atoms with Crippen LogP contribution in [0.25, 0.3) is 28.7 Å². The normalized spacial score (nSPS) is 23.1. The third-order valence-corrected chi connectivity index (χ3v) is 9.79. The highest BCUT2D eigenvalue weighted by Gasteiger charge is 2.51. The van der Waals surface area contributed by atoms with Gasteiger partial charge in [0.2, 0.25) is 11.7 Å². The molecule has 3 heterocycles. The van der Waals surface area contributed by atoms with Gasteiger partial charge in [0.25, 0.3) is 0 Å². The second-order valence-corrected chi connectivity index (χ2v) is 12.7. The molecule has 13 heteroatoms. The number of carbonyl (C=O) groups is 1. The molecule has 4 saturated carbocycles. The monoisotopic (exact) mass is 642 g/mol. The molecule has 0 unspecified atom stereocenters. The van der Waals surface area contributed by atoms with Gasteiger partial charge in [-0.05, 0) is 75.0 Å². The summed E-state index contributed by atoms with van der Waals surface area (Å²) in [5.41, 5.74) is 1.79. The maximum absolute atomic E-state index is 12.8. The first-order valence-electron chi connectivity index (χ1n) is 14.3. The van der Waals surface area contributed by atoms with Crippen LogP contribution in [0.2, 0.25) is 10.0 Å². The zero-order valence-corrected chi connectivity index (χ0v) is 24.7. The van der Waals surface area contributed by atoms with Crippen molar-refractivity contribution in [3.05, 3.63) is 69.5 Å². The fourth-order valence-electron chi connectivity index (χ4n) is 6.55. The molecule has 0 amide bonds. The largest absolute Gasteiger partial charge is 0.478 e. The highest BCUT2D eigenvalue weighted by atomic mass is 35.5. The highest BCUT2D eigenvalue weighted by molar-refractivity contribution is 6.39. The Balaban J connectivity index is 1.13. The molecule has 4 aromatic rings. The second-order valence-electron chi connectivity index (χ2n) is 11.9. The smallest absolute Gasteiger partial charge is 0.387 e. The van der Waals surface area contributed by atoms with Gasteiger partial charge in [0, 0.05) is 40.4 Å². The predicted molar refractivity (Wildman–Crippen MR) is 156 cm³/mol. The van der Waals surface area contributed by atoms with Crippen molar-refractivity contribution in [2.75, 3.05) is 0 Å². The Morgan fingerprint density at radius 1 is 1.02 bits per heavy atom. The quantitative estimate of drug-likeness (QED) is 0.191. The Kier molecular flexibility index (Phi) is 7.20. The van der Waals surface area contributed by atoms with Crippen LogP contribution in [0.5, 0.6) is 5.75 Å². The first-order chi connectivity index (χ1) is 21.2. The number of ether oxygens (including phenoxy) is 1.